The molecule has 1 aromatic carbocycles. The molecule has 0 unspecified atom stereocenters. The van der Waals surface area contributed by atoms with Gasteiger partial charge in [0.15, 0.2) is 0 Å². The van der Waals surface area contributed by atoms with Crippen LogP contribution in [0.4, 0.5) is 0 Å². The molecule has 0 spiro atoms. The summed E-state index contributed by atoms with van der Waals surface area (Å²) in [6, 6.07) is 8.60. The Hall–Kier alpha value is -1.06. The fraction of sp³-hybridized carbons (Fsp3) is 0.562. The Morgan fingerprint density at radius 1 is 1.25 bits per heavy atom. The summed E-state index contributed by atoms with van der Waals surface area (Å²) in [6.45, 7) is 4.81. The Bertz CT molecular complexity index is 429. The standard InChI is InChI=1S/C16H24N2O.ClH/c1-3-12-5-7-13(8-6-12)11-18(14-9-10-14)16(19)15(17)4-2;/h5-8,14-15H,3-4,9-11,17H2,1-2H3;1H/t15-;/m0./s1. The number of carbonyl (C=O) groups is 1. The van der Waals surface area contributed by atoms with E-state index in [0.29, 0.717) is 19.0 Å². The molecule has 2 N–H and O–H groups in total. The van der Waals surface area contributed by atoms with E-state index in [1.54, 1.807) is 0 Å². The van der Waals surface area contributed by atoms with Crippen LogP contribution >= 0.6 is 12.4 Å². The molecule has 0 saturated heterocycles. The molecule has 1 aliphatic carbocycles. The van der Waals surface area contributed by atoms with Crippen molar-refractivity contribution in [3.05, 3.63) is 35.4 Å². The molecule has 0 aromatic heterocycles. The molecule has 0 radical (unpaired) electrons. The number of amides is 1. The third-order valence-corrected chi connectivity index (χ3v) is 3.81. The van der Waals surface area contributed by atoms with Crippen molar-refractivity contribution >= 4 is 18.3 Å². The highest BCUT2D eigenvalue weighted by molar-refractivity contribution is 5.85. The molecular formula is C16H25ClN2O. The van der Waals surface area contributed by atoms with Crippen molar-refractivity contribution in [3.63, 3.8) is 0 Å². The highest BCUT2D eigenvalue weighted by Crippen LogP contribution is 2.29. The van der Waals surface area contributed by atoms with Gasteiger partial charge in [0.1, 0.15) is 0 Å². The van der Waals surface area contributed by atoms with E-state index in [1.807, 2.05) is 11.8 Å². The van der Waals surface area contributed by atoms with Gasteiger partial charge in [-0.25, -0.2) is 0 Å². The van der Waals surface area contributed by atoms with E-state index >= 15 is 0 Å². The zero-order chi connectivity index (χ0) is 13.8. The number of halogens is 1. The maximum absolute atomic E-state index is 12.3. The van der Waals surface area contributed by atoms with Crippen LogP contribution in [-0.4, -0.2) is 22.9 Å². The summed E-state index contributed by atoms with van der Waals surface area (Å²) in [6.07, 6.45) is 3.99. The summed E-state index contributed by atoms with van der Waals surface area (Å²) in [5.74, 6) is 0.101. The van der Waals surface area contributed by atoms with Crippen LogP contribution in [0.2, 0.25) is 0 Å². The van der Waals surface area contributed by atoms with E-state index in [9.17, 15) is 4.79 Å². The second-order valence-corrected chi connectivity index (χ2v) is 5.38. The number of benzene rings is 1. The fourth-order valence-electron chi connectivity index (χ4n) is 2.24. The Kier molecular flexibility index (Phi) is 6.50. The molecule has 0 heterocycles. The van der Waals surface area contributed by atoms with E-state index in [0.717, 1.165) is 19.3 Å². The predicted molar refractivity (Wildman–Crippen MR) is 84.9 cm³/mol. The molecule has 0 aliphatic heterocycles. The summed E-state index contributed by atoms with van der Waals surface area (Å²) in [4.78, 5) is 14.3. The quantitative estimate of drug-likeness (QED) is 0.877. The highest BCUT2D eigenvalue weighted by Gasteiger charge is 2.34. The summed E-state index contributed by atoms with van der Waals surface area (Å²) in [7, 11) is 0. The van der Waals surface area contributed by atoms with Gasteiger partial charge in [0.2, 0.25) is 5.91 Å². The molecule has 20 heavy (non-hydrogen) atoms. The van der Waals surface area contributed by atoms with Crippen LogP contribution in [0.1, 0.15) is 44.2 Å². The Morgan fingerprint density at radius 3 is 2.25 bits per heavy atom. The summed E-state index contributed by atoms with van der Waals surface area (Å²) >= 11 is 0. The second kappa shape index (κ2) is 7.65. The van der Waals surface area contributed by atoms with Gasteiger partial charge < -0.3 is 10.6 Å². The first-order valence-electron chi connectivity index (χ1n) is 7.29. The van der Waals surface area contributed by atoms with E-state index in [1.165, 1.54) is 11.1 Å². The normalized spacial score (nSPS) is 15.3. The molecule has 1 aliphatic rings. The molecule has 112 valence electrons. The maximum Gasteiger partial charge on any atom is 0.240 e. The molecule has 1 saturated carbocycles. The van der Waals surface area contributed by atoms with Crippen LogP contribution < -0.4 is 5.73 Å². The van der Waals surface area contributed by atoms with Crippen LogP contribution in [0.15, 0.2) is 24.3 Å². The topological polar surface area (TPSA) is 46.3 Å². The van der Waals surface area contributed by atoms with Gasteiger partial charge >= 0.3 is 0 Å². The third-order valence-electron chi connectivity index (χ3n) is 3.81. The smallest absolute Gasteiger partial charge is 0.240 e. The minimum Gasteiger partial charge on any atom is -0.334 e. The van der Waals surface area contributed by atoms with E-state index in [4.69, 9.17) is 5.73 Å². The van der Waals surface area contributed by atoms with Crippen LogP contribution in [-0.2, 0) is 17.8 Å². The highest BCUT2D eigenvalue weighted by atomic mass is 35.5. The van der Waals surface area contributed by atoms with Crippen LogP contribution in [0.3, 0.4) is 0 Å². The van der Waals surface area contributed by atoms with Crippen molar-refractivity contribution in [2.24, 2.45) is 5.73 Å². The van der Waals surface area contributed by atoms with Crippen molar-refractivity contribution in [2.75, 3.05) is 0 Å². The first-order valence-corrected chi connectivity index (χ1v) is 7.29. The molecule has 1 amide bonds. The Morgan fingerprint density at radius 2 is 1.80 bits per heavy atom. The molecule has 1 aromatic rings. The molecule has 4 heteroatoms. The van der Waals surface area contributed by atoms with E-state index in [-0.39, 0.29) is 24.4 Å². The van der Waals surface area contributed by atoms with Crippen molar-refractivity contribution in [2.45, 2.75) is 58.2 Å². The van der Waals surface area contributed by atoms with Crippen LogP contribution in [0.25, 0.3) is 0 Å². The van der Waals surface area contributed by atoms with Crippen molar-refractivity contribution < 1.29 is 4.79 Å². The molecule has 1 atom stereocenters. The number of nitrogens with two attached hydrogens (primary N) is 1. The lowest BCUT2D eigenvalue weighted by molar-refractivity contribution is -0.133. The van der Waals surface area contributed by atoms with Gasteiger partial charge in [0.25, 0.3) is 0 Å². The van der Waals surface area contributed by atoms with Gasteiger partial charge in [0, 0.05) is 12.6 Å². The third kappa shape index (κ3) is 4.22. The van der Waals surface area contributed by atoms with Crippen molar-refractivity contribution in [1.29, 1.82) is 0 Å². The average Bonchev–Trinajstić information content (AvgIpc) is 3.28. The molecule has 2 rings (SSSR count). The lowest BCUT2D eigenvalue weighted by Crippen LogP contribution is -2.44. The van der Waals surface area contributed by atoms with Crippen LogP contribution in [0, 0.1) is 0 Å². The Balaban J connectivity index is 0.00000200. The average molecular weight is 297 g/mol. The number of hydrogen-bond donors (Lipinski definition) is 1. The fourth-order valence-corrected chi connectivity index (χ4v) is 2.24. The van der Waals surface area contributed by atoms with Gasteiger partial charge in [-0.15, -0.1) is 12.4 Å². The SMILES string of the molecule is CCc1ccc(CN(C(=O)[C@@H](N)CC)C2CC2)cc1.Cl. The number of hydrogen-bond acceptors (Lipinski definition) is 2. The Labute approximate surface area is 127 Å². The number of carbonyl (C=O) groups excluding carboxylic acids is 1. The number of nitrogens with zero attached hydrogens (tertiary/aromatic N) is 1. The monoisotopic (exact) mass is 296 g/mol. The van der Waals surface area contributed by atoms with Crippen molar-refractivity contribution in [1.82, 2.24) is 4.90 Å². The number of aryl methyl sites for hydroxylation is 1. The lowest BCUT2D eigenvalue weighted by atomic mass is 10.1. The largest absolute Gasteiger partial charge is 0.334 e. The minimum atomic E-state index is -0.351. The van der Waals surface area contributed by atoms with Crippen LogP contribution in [0.5, 0.6) is 0 Å². The summed E-state index contributed by atoms with van der Waals surface area (Å²) in [5.41, 5.74) is 8.42. The second-order valence-electron chi connectivity index (χ2n) is 5.38. The molecule has 3 nitrogen and oxygen atoms in total. The van der Waals surface area contributed by atoms with E-state index in [2.05, 4.69) is 31.2 Å². The first kappa shape index (κ1) is 17.0. The van der Waals surface area contributed by atoms with Gasteiger partial charge in [-0.1, -0.05) is 38.1 Å². The zero-order valence-electron chi connectivity index (χ0n) is 12.3. The lowest BCUT2D eigenvalue weighted by Gasteiger charge is -2.25. The molecule has 0 bridgehead atoms. The van der Waals surface area contributed by atoms with Gasteiger partial charge in [-0.05, 0) is 36.8 Å². The van der Waals surface area contributed by atoms with Gasteiger partial charge in [0.05, 0.1) is 6.04 Å². The van der Waals surface area contributed by atoms with Gasteiger partial charge in [-0.2, -0.15) is 0 Å². The van der Waals surface area contributed by atoms with E-state index < -0.39 is 0 Å². The first-order chi connectivity index (χ1) is 9.15. The van der Waals surface area contributed by atoms with Gasteiger partial charge in [-0.3, -0.25) is 4.79 Å². The van der Waals surface area contributed by atoms with Crippen molar-refractivity contribution in [3.8, 4) is 0 Å². The maximum atomic E-state index is 12.3. The predicted octanol–water partition coefficient (Wildman–Crippen LogP) is 2.90. The molecule has 1 fully saturated rings. The zero-order valence-corrected chi connectivity index (χ0v) is 13.2. The number of rotatable bonds is 6. The summed E-state index contributed by atoms with van der Waals surface area (Å²) in [5, 5.41) is 0. The minimum absolute atomic E-state index is 0. The molecular weight excluding hydrogens is 272 g/mol. The summed E-state index contributed by atoms with van der Waals surface area (Å²) < 4.78 is 0.